The fourth-order valence-electron chi connectivity index (χ4n) is 5.13. The molecule has 0 saturated heterocycles. The minimum Gasteiger partial charge on any atom is -0.385 e. The van der Waals surface area contributed by atoms with E-state index >= 15 is 0 Å². The number of hydrogen-bond acceptors (Lipinski definition) is 3. The highest BCUT2D eigenvalue weighted by molar-refractivity contribution is 5.98. The second-order valence-corrected chi connectivity index (χ2v) is 10.6. The number of rotatable bonds is 0. The van der Waals surface area contributed by atoms with E-state index in [1.54, 1.807) is 0 Å². The van der Waals surface area contributed by atoms with Crippen molar-refractivity contribution < 1.29 is 5.11 Å². The molecule has 0 spiro atoms. The van der Waals surface area contributed by atoms with Crippen LogP contribution in [0.2, 0.25) is 0 Å². The van der Waals surface area contributed by atoms with E-state index in [2.05, 4.69) is 70.2 Å². The number of benzene rings is 2. The number of fused-ring (bicyclic) bond motifs is 6. The quantitative estimate of drug-likeness (QED) is 0.390. The average molecular weight is 402 g/mol. The maximum absolute atomic E-state index is 11.1. The fraction of sp³-hybridized carbons (Fsp3) is 0.462. The van der Waals surface area contributed by atoms with Gasteiger partial charge in [-0.2, -0.15) is 0 Å². The SMILES string of the molecule is Cc1cc(C)c2nc(C(C)(C)C)n3c4cc5c(cc4nc3c2c1)C(C)CCC5(C)O. The largest absolute Gasteiger partial charge is 0.385 e. The number of nitrogens with zero attached hydrogens (tertiary/aromatic N) is 3. The van der Waals surface area contributed by atoms with Crippen molar-refractivity contribution in [3.8, 4) is 0 Å². The highest BCUT2D eigenvalue weighted by Gasteiger charge is 2.34. The summed E-state index contributed by atoms with van der Waals surface area (Å²) in [5.74, 6) is 1.43. The maximum atomic E-state index is 11.1. The van der Waals surface area contributed by atoms with E-state index in [9.17, 15) is 5.11 Å². The van der Waals surface area contributed by atoms with Gasteiger partial charge in [-0.25, -0.2) is 9.97 Å². The number of imidazole rings is 1. The molecule has 4 aromatic rings. The van der Waals surface area contributed by atoms with Gasteiger partial charge in [0, 0.05) is 10.8 Å². The van der Waals surface area contributed by atoms with E-state index in [1.165, 1.54) is 16.7 Å². The van der Waals surface area contributed by atoms with Crippen LogP contribution in [-0.2, 0) is 11.0 Å². The molecule has 2 heterocycles. The van der Waals surface area contributed by atoms with E-state index in [1.807, 2.05) is 6.92 Å². The zero-order chi connectivity index (χ0) is 21.6. The van der Waals surface area contributed by atoms with Crippen molar-refractivity contribution in [3.05, 3.63) is 52.3 Å². The maximum Gasteiger partial charge on any atom is 0.148 e. The van der Waals surface area contributed by atoms with Crippen LogP contribution in [0.5, 0.6) is 0 Å². The van der Waals surface area contributed by atoms with Crippen molar-refractivity contribution in [2.45, 2.75) is 78.2 Å². The van der Waals surface area contributed by atoms with E-state index in [0.29, 0.717) is 5.92 Å². The second kappa shape index (κ2) is 6.04. The van der Waals surface area contributed by atoms with E-state index in [4.69, 9.17) is 9.97 Å². The predicted octanol–water partition coefficient (Wildman–Crippen LogP) is 6.05. The first kappa shape index (κ1) is 19.5. The van der Waals surface area contributed by atoms with E-state index in [-0.39, 0.29) is 5.41 Å². The van der Waals surface area contributed by atoms with Crippen molar-refractivity contribution in [3.63, 3.8) is 0 Å². The molecule has 2 aromatic heterocycles. The molecule has 0 bridgehead atoms. The van der Waals surface area contributed by atoms with Crippen LogP contribution in [0.1, 0.15) is 81.5 Å². The monoisotopic (exact) mass is 401 g/mol. The van der Waals surface area contributed by atoms with Crippen LogP contribution in [0, 0.1) is 13.8 Å². The molecular formula is C26H31N3O. The molecule has 0 radical (unpaired) electrons. The van der Waals surface area contributed by atoms with Crippen molar-refractivity contribution in [1.82, 2.24) is 14.4 Å². The Balaban J connectivity index is 2.01. The number of aromatic nitrogens is 3. The van der Waals surface area contributed by atoms with Gasteiger partial charge in [0.1, 0.15) is 11.5 Å². The van der Waals surface area contributed by atoms with E-state index in [0.717, 1.165) is 51.8 Å². The first-order chi connectivity index (χ1) is 14.0. The van der Waals surface area contributed by atoms with Gasteiger partial charge in [-0.15, -0.1) is 0 Å². The summed E-state index contributed by atoms with van der Waals surface area (Å²) in [6.45, 7) is 15.1. The fourth-order valence-corrected chi connectivity index (χ4v) is 5.13. The lowest BCUT2D eigenvalue weighted by Gasteiger charge is -2.34. The first-order valence-electron chi connectivity index (χ1n) is 11.0. The Bertz CT molecular complexity index is 1340. The van der Waals surface area contributed by atoms with Crippen LogP contribution in [0.4, 0.5) is 0 Å². The van der Waals surface area contributed by atoms with Crippen LogP contribution in [0.15, 0.2) is 24.3 Å². The van der Waals surface area contributed by atoms with E-state index < -0.39 is 5.60 Å². The molecule has 2 atom stereocenters. The molecule has 30 heavy (non-hydrogen) atoms. The Hall–Kier alpha value is -2.46. The Morgan fingerprint density at radius 2 is 1.83 bits per heavy atom. The number of aliphatic hydroxyl groups is 1. The summed E-state index contributed by atoms with van der Waals surface area (Å²) in [6.07, 6.45) is 1.78. The highest BCUT2D eigenvalue weighted by atomic mass is 16.3. The zero-order valence-corrected chi connectivity index (χ0v) is 19.1. The van der Waals surface area contributed by atoms with Gasteiger partial charge in [-0.1, -0.05) is 33.8 Å². The lowest BCUT2D eigenvalue weighted by Crippen LogP contribution is -2.28. The summed E-state index contributed by atoms with van der Waals surface area (Å²) in [6, 6.07) is 8.77. The Kier molecular flexibility index (Phi) is 3.93. The predicted molar refractivity (Wildman–Crippen MR) is 123 cm³/mol. The van der Waals surface area contributed by atoms with Gasteiger partial charge in [0.05, 0.1) is 22.2 Å². The lowest BCUT2D eigenvalue weighted by molar-refractivity contribution is 0.0355. The molecule has 156 valence electrons. The topological polar surface area (TPSA) is 50.4 Å². The molecule has 0 aliphatic heterocycles. The van der Waals surface area contributed by atoms with Gasteiger partial charge >= 0.3 is 0 Å². The second-order valence-electron chi connectivity index (χ2n) is 10.6. The molecule has 0 amide bonds. The third-order valence-corrected chi connectivity index (χ3v) is 6.79. The van der Waals surface area contributed by atoms with Gasteiger partial charge in [0.25, 0.3) is 0 Å². The van der Waals surface area contributed by atoms with Gasteiger partial charge in [-0.3, -0.25) is 4.40 Å². The molecule has 5 rings (SSSR count). The summed E-state index contributed by atoms with van der Waals surface area (Å²) in [7, 11) is 0. The van der Waals surface area contributed by atoms with Crippen molar-refractivity contribution >= 4 is 27.6 Å². The zero-order valence-electron chi connectivity index (χ0n) is 19.1. The van der Waals surface area contributed by atoms with Crippen LogP contribution in [-0.4, -0.2) is 19.5 Å². The van der Waals surface area contributed by atoms with Crippen LogP contribution >= 0.6 is 0 Å². The van der Waals surface area contributed by atoms with Crippen LogP contribution < -0.4 is 0 Å². The van der Waals surface area contributed by atoms with Gasteiger partial charge in [-0.05, 0) is 80.0 Å². The standard InChI is InChI=1S/C26H31N3O/c1-14-10-16(3)22-18(11-14)23-27-20-12-17-15(2)8-9-26(7,30)19(17)13-21(20)29(23)24(28-22)25(4,5)6/h10-13,15,30H,8-9H2,1-7H3. The molecule has 1 aliphatic rings. The third kappa shape index (κ3) is 2.70. The lowest BCUT2D eigenvalue weighted by atomic mass is 9.75. The summed E-state index contributed by atoms with van der Waals surface area (Å²) < 4.78 is 2.23. The number of aryl methyl sites for hydroxylation is 2. The van der Waals surface area contributed by atoms with Crippen molar-refractivity contribution in [2.24, 2.45) is 0 Å². The summed E-state index contributed by atoms with van der Waals surface area (Å²) in [5.41, 5.74) is 7.72. The summed E-state index contributed by atoms with van der Waals surface area (Å²) >= 11 is 0. The van der Waals surface area contributed by atoms with Crippen molar-refractivity contribution in [1.29, 1.82) is 0 Å². The van der Waals surface area contributed by atoms with Crippen molar-refractivity contribution in [2.75, 3.05) is 0 Å². The minimum absolute atomic E-state index is 0.150. The molecule has 2 aromatic carbocycles. The first-order valence-corrected chi connectivity index (χ1v) is 11.0. The molecule has 1 N–H and O–H groups in total. The molecular weight excluding hydrogens is 370 g/mol. The average Bonchev–Trinajstić information content (AvgIpc) is 3.01. The molecule has 0 saturated carbocycles. The van der Waals surface area contributed by atoms with Gasteiger partial charge in [0.2, 0.25) is 0 Å². The summed E-state index contributed by atoms with van der Waals surface area (Å²) in [4.78, 5) is 10.3. The molecule has 0 fully saturated rings. The Labute approximate surface area is 178 Å². The smallest absolute Gasteiger partial charge is 0.148 e. The normalized spacial score (nSPS) is 22.2. The molecule has 4 nitrogen and oxygen atoms in total. The van der Waals surface area contributed by atoms with Gasteiger partial charge in [0.15, 0.2) is 0 Å². The van der Waals surface area contributed by atoms with Crippen LogP contribution in [0.3, 0.4) is 0 Å². The Morgan fingerprint density at radius 3 is 2.53 bits per heavy atom. The van der Waals surface area contributed by atoms with Crippen LogP contribution in [0.25, 0.3) is 27.6 Å². The van der Waals surface area contributed by atoms with Gasteiger partial charge < -0.3 is 5.11 Å². The summed E-state index contributed by atoms with van der Waals surface area (Å²) in [5, 5.41) is 12.2. The molecule has 1 aliphatic carbocycles. The molecule has 4 heteroatoms. The minimum atomic E-state index is -0.806. The Morgan fingerprint density at radius 1 is 1.10 bits per heavy atom. The third-order valence-electron chi connectivity index (χ3n) is 6.79. The molecule has 2 unspecified atom stereocenters. The number of hydrogen-bond donors (Lipinski definition) is 1. The highest BCUT2D eigenvalue weighted by Crippen LogP contribution is 2.43.